The van der Waals surface area contributed by atoms with Crippen molar-refractivity contribution in [3.63, 3.8) is 0 Å². The van der Waals surface area contributed by atoms with Gasteiger partial charge in [-0.25, -0.2) is 13.2 Å². The van der Waals surface area contributed by atoms with Crippen LogP contribution in [0.25, 0.3) is 0 Å². The van der Waals surface area contributed by atoms with Gasteiger partial charge in [0.15, 0.2) is 5.75 Å². The molecule has 170 valence electrons. The highest BCUT2D eigenvalue weighted by molar-refractivity contribution is 5.72. The number of halogens is 5. The highest BCUT2D eigenvalue weighted by atomic mass is 19.2. The van der Waals surface area contributed by atoms with E-state index in [0.717, 1.165) is 32.1 Å². The summed E-state index contributed by atoms with van der Waals surface area (Å²) in [5, 5.41) is 0. The Labute approximate surface area is 171 Å². The number of rotatable bonds is 14. The molecule has 0 saturated heterocycles. The minimum Gasteiger partial charge on any atom is -0.484 e. The van der Waals surface area contributed by atoms with E-state index in [1.165, 1.54) is 0 Å². The van der Waals surface area contributed by atoms with Crippen molar-refractivity contribution in [2.75, 3.05) is 19.8 Å². The van der Waals surface area contributed by atoms with Gasteiger partial charge in [0.1, 0.15) is 13.2 Å². The van der Waals surface area contributed by atoms with Crippen molar-refractivity contribution in [3.05, 3.63) is 29.1 Å². The molecule has 0 saturated carbocycles. The molecule has 1 rings (SSSR count). The second kappa shape index (κ2) is 13.8. The van der Waals surface area contributed by atoms with Crippen LogP contribution in [-0.2, 0) is 19.1 Å². The molecule has 10 heteroatoms. The standard InChI is InChI=1S/C20H25F5O5/c1-2-3-4-5-6-10-28-13(26)8-7-9-14(27)29-11-12-30-20-18(24)16(22)15(21)17(23)19(20)25/h2-12H2,1H3. The van der Waals surface area contributed by atoms with Crippen LogP contribution in [0.5, 0.6) is 5.75 Å². The van der Waals surface area contributed by atoms with E-state index in [4.69, 9.17) is 9.47 Å². The third-order valence-corrected chi connectivity index (χ3v) is 4.04. The van der Waals surface area contributed by atoms with E-state index in [1.54, 1.807) is 0 Å². The van der Waals surface area contributed by atoms with E-state index in [1.807, 2.05) is 0 Å². The molecule has 5 nitrogen and oxygen atoms in total. The Hall–Kier alpha value is -2.39. The average molecular weight is 440 g/mol. The summed E-state index contributed by atoms with van der Waals surface area (Å²) in [6.45, 7) is 1.35. The summed E-state index contributed by atoms with van der Waals surface area (Å²) >= 11 is 0. The fourth-order valence-electron chi connectivity index (χ4n) is 2.42. The molecule has 1 aromatic carbocycles. The fourth-order valence-corrected chi connectivity index (χ4v) is 2.42. The first-order chi connectivity index (χ1) is 14.3. The molecular formula is C20H25F5O5. The Bertz CT molecular complexity index is 682. The van der Waals surface area contributed by atoms with Gasteiger partial charge in [0, 0.05) is 12.8 Å². The van der Waals surface area contributed by atoms with Crippen molar-refractivity contribution >= 4 is 11.9 Å². The van der Waals surface area contributed by atoms with Gasteiger partial charge in [0.05, 0.1) is 6.61 Å². The van der Waals surface area contributed by atoms with Crippen LogP contribution in [0.3, 0.4) is 0 Å². The monoisotopic (exact) mass is 440 g/mol. The van der Waals surface area contributed by atoms with Crippen LogP contribution >= 0.6 is 0 Å². The van der Waals surface area contributed by atoms with Gasteiger partial charge in [-0.3, -0.25) is 9.59 Å². The molecule has 0 heterocycles. The van der Waals surface area contributed by atoms with Crippen LogP contribution in [0.15, 0.2) is 0 Å². The number of esters is 2. The van der Waals surface area contributed by atoms with E-state index >= 15 is 0 Å². The second-order valence-electron chi connectivity index (χ2n) is 6.46. The van der Waals surface area contributed by atoms with E-state index in [-0.39, 0.29) is 19.3 Å². The van der Waals surface area contributed by atoms with E-state index in [2.05, 4.69) is 11.7 Å². The first kappa shape index (κ1) is 25.6. The number of carbonyl (C=O) groups is 2. The highest BCUT2D eigenvalue weighted by Gasteiger charge is 2.27. The van der Waals surface area contributed by atoms with Crippen LogP contribution in [-0.4, -0.2) is 31.8 Å². The molecule has 0 aliphatic carbocycles. The molecule has 0 fully saturated rings. The average Bonchev–Trinajstić information content (AvgIpc) is 2.72. The molecule has 0 bridgehead atoms. The lowest BCUT2D eigenvalue weighted by atomic mass is 10.2. The lowest BCUT2D eigenvalue weighted by molar-refractivity contribution is -0.146. The molecule has 0 unspecified atom stereocenters. The molecular weight excluding hydrogens is 415 g/mol. The smallest absolute Gasteiger partial charge is 0.305 e. The zero-order valence-corrected chi connectivity index (χ0v) is 16.7. The maximum absolute atomic E-state index is 13.4. The number of carbonyl (C=O) groups excluding carboxylic acids is 2. The molecule has 0 amide bonds. The fraction of sp³-hybridized carbons (Fsp3) is 0.600. The van der Waals surface area contributed by atoms with Crippen LogP contribution in [0.4, 0.5) is 22.0 Å². The topological polar surface area (TPSA) is 61.8 Å². The Morgan fingerprint density at radius 1 is 0.633 bits per heavy atom. The molecule has 0 atom stereocenters. The normalized spacial score (nSPS) is 10.7. The maximum Gasteiger partial charge on any atom is 0.305 e. The molecule has 0 aliphatic heterocycles. The maximum atomic E-state index is 13.4. The summed E-state index contributed by atoms with van der Waals surface area (Å²) < 4.78 is 80.0. The van der Waals surface area contributed by atoms with Crippen molar-refractivity contribution in [1.29, 1.82) is 0 Å². The van der Waals surface area contributed by atoms with Crippen LogP contribution < -0.4 is 4.74 Å². The van der Waals surface area contributed by atoms with Crippen molar-refractivity contribution < 1.29 is 45.8 Å². The van der Waals surface area contributed by atoms with Gasteiger partial charge in [-0.2, -0.15) is 8.78 Å². The summed E-state index contributed by atoms with van der Waals surface area (Å²) in [5.74, 6) is -13.3. The van der Waals surface area contributed by atoms with Gasteiger partial charge in [0.25, 0.3) is 0 Å². The van der Waals surface area contributed by atoms with Gasteiger partial charge < -0.3 is 14.2 Å². The second-order valence-corrected chi connectivity index (χ2v) is 6.46. The molecule has 30 heavy (non-hydrogen) atoms. The van der Waals surface area contributed by atoms with Crippen molar-refractivity contribution in [2.24, 2.45) is 0 Å². The summed E-state index contributed by atoms with van der Waals surface area (Å²) in [7, 11) is 0. The first-order valence-corrected chi connectivity index (χ1v) is 9.75. The number of ether oxygens (including phenoxy) is 3. The van der Waals surface area contributed by atoms with E-state index in [9.17, 15) is 31.5 Å². The lowest BCUT2D eigenvalue weighted by Crippen LogP contribution is -2.15. The van der Waals surface area contributed by atoms with E-state index < -0.39 is 60.0 Å². The largest absolute Gasteiger partial charge is 0.484 e. The molecule has 0 radical (unpaired) electrons. The third-order valence-electron chi connectivity index (χ3n) is 4.04. The zero-order chi connectivity index (χ0) is 22.5. The predicted molar refractivity (Wildman–Crippen MR) is 96.3 cm³/mol. The minimum absolute atomic E-state index is 0.0329. The van der Waals surface area contributed by atoms with Gasteiger partial charge >= 0.3 is 11.9 Å². The Morgan fingerprint density at radius 2 is 1.13 bits per heavy atom. The molecule has 0 N–H and O–H groups in total. The van der Waals surface area contributed by atoms with Gasteiger partial charge in [0.2, 0.25) is 29.1 Å². The number of hydrogen-bond donors (Lipinski definition) is 0. The highest BCUT2D eigenvalue weighted by Crippen LogP contribution is 2.28. The summed E-state index contributed by atoms with van der Waals surface area (Å²) in [6, 6.07) is 0. The Balaban J connectivity index is 2.19. The Kier molecular flexibility index (Phi) is 11.8. The van der Waals surface area contributed by atoms with E-state index in [0.29, 0.717) is 6.61 Å². The van der Waals surface area contributed by atoms with Crippen LogP contribution in [0.2, 0.25) is 0 Å². The molecule has 0 spiro atoms. The number of hydrogen-bond acceptors (Lipinski definition) is 5. The van der Waals surface area contributed by atoms with Gasteiger partial charge in [-0.15, -0.1) is 0 Å². The lowest BCUT2D eigenvalue weighted by Gasteiger charge is -2.10. The van der Waals surface area contributed by atoms with Crippen LogP contribution in [0.1, 0.15) is 58.3 Å². The molecule has 0 aromatic heterocycles. The van der Waals surface area contributed by atoms with Crippen molar-refractivity contribution in [1.82, 2.24) is 0 Å². The van der Waals surface area contributed by atoms with Crippen LogP contribution in [0, 0.1) is 29.1 Å². The Morgan fingerprint density at radius 3 is 1.70 bits per heavy atom. The van der Waals surface area contributed by atoms with Gasteiger partial charge in [-0.05, 0) is 12.8 Å². The SMILES string of the molecule is CCCCCCCOC(=O)CCCC(=O)OCCOc1c(F)c(F)c(F)c(F)c1F. The number of benzene rings is 1. The van der Waals surface area contributed by atoms with Crippen molar-refractivity contribution in [2.45, 2.75) is 58.3 Å². The number of unbranched alkanes of at least 4 members (excludes halogenated alkanes) is 4. The third kappa shape index (κ3) is 8.54. The minimum atomic E-state index is -2.29. The summed E-state index contributed by atoms with van der Waals surface area (Å²) in [5.41, 5.74) is 0. The predicted octanol–water partition coefficient (Wildman–Crippen LogP) is 4.99. The summed E-state index contributed by atoms with van der Waals surface area (Å²) in [4.78, 5) is 23.1. The summed E-state index contributed by atoms with van der Waals surface area (Å²) in [6.07, 6.45) is 5.25. The molecule has 1 aromatic rings. The van der Waals surface area contributed by atoms with Crippen molar-refractivity contribution in [3.8, 4) is 5.75 Å². The first-order valence-electron chi connectivity index (χ1n) is 9.75. The quantitative estimate of drug-likeness (QED) is 0.134. The molecule has 0 aliphatic rings. The zero-order valence-electron chi connectivity index (χ0n) is 16.7. The van der Waals surface area contributed by atoms with Gasteiger partial charge in [-0.1, -0.05) is 32.6 Å².